The van der Waals surface area contributed by atoms with Crippen LogP contribution < -0.4 is 4.74 Å². The average Bonchev–Trinajstić information content (AvgIpc) is 2.38. The van der Waals surface area contributed by atoms with Crippen molar-refractivity contribution in [3.63, 3.8) is 0 Å². The SMILES string of the molecule is Cc1ccc(C(C)C)c(Oc2cccc(Cl)c2C#N)c1. The van der Waals surface area contributed by atoms with E-state index in [2.05, 4.69) is 32.0 Å². The van der Waals surface area contributed by atoms with Crippen LogP contribution in [0.15, 0.2) is 36.4 Å². The molecule has 0 bridgehead atoms. The first-order chi connectivity index (χ1) is 9.52. The molecular formula is C17H16ClNO. The van der Waals surface area contributed by atoms with E-state index in [0.29, 0.717) is 22.3 Å². The molecule has 0 saturated heterocycles. The van der Waals surface area contributed by atoms with Crippen LogP contribution in [0, 0.1) is 18.3 Å². The van der Waals surface area contributed by atoms with E-state index in [1.165, 1.54) is 0 Å². The molecule has 102 valence electrons. The summed E-state index contributed by atoms with van der Waals surface area (Å²) in [5, 5.41) is 9.60. The van der Waals surface area contributed by atoms with Gasteiger partial charge in [0.1, 0.15) is 23.1 Å². The van der Waals surface area contributed by atoms with Crippen molar-refractivity contribution >= 4 is 11.6 Å². The van der Waals surface area contributed by atoms with E-state index in [1.807, 2.05) is 13.0 Å². The predicted octanol–water partition coefficient (Wildman–Crippen LogP) is 5.44. The maximum Gasteiger partial charge on any atom is 0.146 e. The molecule has 0 spiro atoms. The summed E-state index contributed by atoms with van der Waals surface area (Å²) < 4.78 is 5.95. The molecule has 3 heteroatoms. The summed E-state index contributed by atoms with van der Waals surface area (Å²) in [6.45, 7) is 6.24. The van der Waals surface area contributed by atoms with Crippen molar-refractivity contribution in [2.75, 3.05) is 0 Å². The van der Waals surface area contributed by atoms with E-state index in [-0.39, 0.29) is 0 Å². The Morgan fingerprint density at radius 2 is 1.90 bits per heavy atom. The zero-order chi connectivity index (χ0) is 14.7. The highest BCUT2D eigenvalue weighted by Crippen LogP contribution is 2.34. The number of hydrogen-bond acceptors (Lipinski definition) is 2. The lowest BCUT2D eigenvalue weighted by Gasteiger charge is -2.15. The summed E-state index contributed by atoms with van der Waals surface area (Å²) >= 11 is 6.03. The molecule has 0 aliphatic carbocycles. The number of benzene rings is 2. The standard InChI is InChI=1S/C17H16ClNO/c1-11(2)13-8-7-12(3)9-17(13)20-16-6-4-5-15(18)14(16)10-19/h4-9,11H,1-3H3. The first kappa shape index (κ1) is 14.4. The highest BCUT2D eigenvalue weighted by Gasteiger charge is 2.13. The fourth-order valence-electron chi connectivity index (χ4n) is 2.02. The number of rotatable bonds is 3. The molecule has 2 rings (SSSR count). The van der Waals surface area contributed by atoms with Crippen LogP contribution in [0.5, 0.6) is 11.5 Å². The van der Waals surface area contributed by atoms with Gasteiger partial charge in [0.05, 0.1) is 5.02 Å². The monoisotopic (exact) mass is 285 g/mol. The van der Waals surface area contributed by atoms with Crippen molar-refractivity contribution in [3.8, 4) is 17.6 Å². The Balaban J connectivity index is 2.48. The van der Waals surface area contributed by atoms with E-state index >= 15 is 0 Å². The van der Waals surface area contributed by atoms with Gasteiger partial charge in [-0.1, -0.05) is 43.6 Å². The molecule has 0 heterocycles. The lowest BCUT2D eigenvalue weighted by molar-refractivity contribution is 0.471. The van der Waals surface area contributed by atoms with E-state index in [1.54, 1.807) is 18.2 Å². The highest BCUT2D eigenvalue weighted by molar-refractivity contribution is 6.31. The fraction of sp³-hybridized carbons (Fsp3) is 0.235. The number of aryl methyl sites for hydroxylation is 1. The first-order valence-corrected chi connectivity index (χ1v) is 6.87. The second-order valence-electron chi connectivity index (χ2n) is 5.02. The normalized spacial score (nSPS) is 10.4. The van der Waals surface area contributed by atoms with Crippen molar-refractivity contribution in [2.45, 2.75) is 26.7 Å². The Morgan fingerprint density at radius 3 is 2.55 bits per heavy atom. The van der Waals surface area contributed by atoms with Gasteiger partial charge in [-0.3, -0.25) is 0 Å². The summed E-state index contributed by atoms with van der Waals surface area (Å²) in [6, 6.07) is 13.4. The van der Waals surface area contributed by atoms with Gasteiger partial charge in [0.15, 0.2) is 0 Å². The summed E-state index contributed by atoms with van der Waals surface area (Å²) in [5.74, 6) is 1.61. The molecule has 0 atom stereocenters. The third-order valence-electron chi connectivity index (χ3n) is 3.10. The minimum Gasteiger partial charge on any atom is -0.456 e. The van der Waals surface area contributed by atoms with Crippen molar-refractivity contribution in [1.82, 2.24) is 0 Å². The molecule has 0 aliphatic heterocycles. The van der Waals surface area contributed by atoms with Crippen LogP contribution in [0.1, 0.15) is 36.5 Å². The molecule has 0 fully saturated rings. The van der Waals surface area contributed by atoms with Gasteiger partial charge in [-0.15, -0.1) is 0 Å². The minimum atomic E-state index is 0.343. The fourth-order valence-corrected chi connectivity index (χ4v) is 2.23. The van der Waals surface area contributed by atoms with Crippen LogP contribution in [0.2, 0.25) is 5.02 Å². The number of halogens is 1. The second-order valence-corrected chi connectivity index (χ2v) is 5.43. The molecule has 0 aliphatic rings. The van der Waals surface area contributed by atoms with E-state index < -0.39 is 0 Å². The molecule has 0 radical (unpaired) electrons. The van der Waals surface area contributed by atoms with Crippen molar-refractivity contribution in [3.05, 3.63) is 58.1 Å². The minimum absolute atomic E-state index is 0.343. The van der Waals surface area contributed by atoms with Gasteiger partial charge < -0.3 is 4.74 Å². The molecule has 0 saturated carbocycles. The van der Waals surface area contributed by atoms with Gasteiger partial charge in [0.25, 0.3) is 0 Å². The van der Waals surface area contributed by atoms with Gasteiger partial charge in [-0.2, -0.15) is 5.26 Å². The summed E-state index contributed by atoms with van der Waals surface area (Å²) in [7, 11) is 0. The smallest absolute Gasteiger partial charge is 0.146 e. The third kappa shape index (κ3) is 2.95. The van der Waals surface area contributed by atoms with Gasteiger partial charge in [-0.25, -0.2) is 0 Å². The zero-order valence-corrected chi connectivity index (χ0v) is 12.5. The number of nitriles is 1. The largest absolute Gasteiger partial charge is 0.456 e. The van der Waals surface area contributed by atoms with Gasteiger partial charge in [0.2, 0.25) is 0 Å². The van der Waals surface area contributed by atoms with Gasteiger partial charge in [0, 0.05) is 0 Å². The Morgan fingerprint density at radius 1 is 1.15 bits per heavy atom. The van der Waals surface area contributed by atoms with Crippen LogP contribution in [-0.2, 0) is 0 Å². The van der Waals surface area contributed by atoms with Crippen molar-refractivity contribution in [2.24, 2.45) is 0 Å². The molecule has 2 aromatic carbocycles. The maximum atomic E-state index is 9.20. The molecule has 0 amide bonds. The Bertz CT molecular complexity index is 671. The molecule has 0 unspecified atom stereocenters. The Labute approximate surface area is 124 Å². The molecule has 2 aromatic rings. The quantitative estimate of drug-likeness (QED) is 0.752. The van der Waals surface area contributed by atoms with Crippen LogP contribution in [0.25, 0.3) is 0 Å². The van der Waals surface area contributed by atoms with Gasteiger partial charge in [-0.05, 0) is 42.2 Å². The summed E-state index contributed by atoms with van der Waals surface area (Å²) in [4.78, 5) is 0. The molecule has 0 aromatic heterocycles. The van der Waals surface area contributed by atoms with E-state index in [9.17, 15) is 5.26 Å². The van der Waals surface area contributed by atoms with Crippen molar-refractivity contribution < 1.29 is 4.74 Å². The highest BCUT2D eigenvalue weighted by atomic mass is 35.5. The maximum absolute atomic E-state index is 9.20. The number of ether oxygens (including phenoxy) is 1. The second kappa shape index (κ2) is 5.98. The zero-order valence-electron chi connectivity index (χ0n) is 11.8. The lowest BCUT2D eigenvalue weighted by Crippen LogP contribution is -1.96. The summed E-state index contributed by atoms with van der Waals surface area (Å²) in [5.41, 5.74) is 2.59. The number of nitrogens with zero attached hydrogens (tertiary/aromatic N) is 1. The average molecular weight is 286 g/mol. The topological polar surface area (TPSA) is 33.0 Å². The summed E-state index contributed by atoms with van der Waals surface area (Å²) in [6.07, 6.45) is 0. The Kier molecular flexibility index (Phi) is 4.32. The van der Waals surface area contributed by atoms with Crippen LogP contribution in [-0.4, -0.2) is 0 Å². The van der Waals surface area contributed by atoms with Crippen LogP contribution in [0.4, 0.5) is 0 Å². The van der Waals surface area contributed by atoms with E-state index in [4.69, 9.17) is 16.3 Å². The van der Waals surface area contributed by atoms with Crippen LogP contribution in [0.3, 0.4) is 0 Å². The first-order valence-electron chi connectivity index (χ1n) is 6.50. The molecule has 2 nitrogen and oxygen atoms in total. The predicted molar refractivity (Wildman–Crippen MR) is 81.5 cm³/mol. The lowest BCUT2D eigenvalue weighted by atomic mass is 10.0. The van der Waals surface area contributed by atoms with Crippen LogP contribution >= 0.6 is 11.6 Å². The van der Waals surface area contributed by atoms with Gasteiger partial charge >= 0.3 is 0 Å². The molecular weight excluding hydrogens is 270 g/mol. The third-order valence-corrected chi connectivity index (χ3v) is 3.41. The molecule has 0 N–H and O–H groups in total. The number of hydrogen-bond donors (Lipinski definition) is 0. The van der Waals surface area contributed by atoms with Crippen molar-refractivity contribution in [1.29, 1.82) is 5.26 Å². The molecule has 20 heavy (non-hydrogen) atoms. The Hall–Kier alpha value is -1.98. The van der Waals surface area contributed by atoms with E-state index in [0.717, 1.165) is 16.9 Å².